The van der Waals surface area contributed by atoms with E-state index in [9.17, 15) is 12.8 Å². The second-order valence-electron chi connectivity index (χ2n) is 7.70. The molecule has 0 aliphatic carbocycles. The minimum Gasteiger partial charge on any atom is -0.493 e. The van der Waals surface area contributed by atoms with Crippen LogP contribution in [0.4, 0.5) is 4.39 Å². The molecule has 1 unspecified atom stereocenters. The Bertz CT molecular complexity index is 1110. The van der Waals surface area contributed by atoms with Gasteiger partial charge in [0.1, 0.15) is 15.8 Å². The number of hydrogen-bond donors (Lipinski definition) is 0. The highest BCUT2D eigenvalue weighted by Gasteiger charge is 2.30. The predicted octanol–water partition coefficient (Wildman–Crippen LogP) is 4.88. The zero-order valence-electron chi connectivity index (χ0n) is 17.7. The highest BCUT2D eigenvalue weighted by molar-refractivity contribution is 7.91. The molecular weight excluding hydrogens is 449 g/mol. The summed E-state index contributed by atoms with van der Waals surface area (Å²) in [5, 5.41) is 1.77. The monoisotopic (exact) mass is 475 g/mol. The quantitative estimate of drug-likeness (QED) is 0.419. The van der Waals surface area contributed by atoms with Crippen LogP contribution in [0.1, 0.15) is 24.0 Å². The highest BCUT2D eigenvalue weighted by Crippen LogP contribution is 2.26. The zero-order chi connectivity index (χ0) is 22.4. The molecule has 32 heavy (non-hydrogen) atoms. The van der Waals surface area contributed by atoms with E-state index in [2.05, 4.69) is 0 Å². The maximum Gasteiger partial charge on any atom is 0.252 e. The molecule has 1 aromatic heterocycles. The van der Waals surface area contributed by atoms with E-state index >= 15 is 0 Å². The lowest BCUT2D eigenvalue weighted by atomic mass is 10.1. The molecule has 1 atom stereocenters. The van der Waals surface area contributed by atoms with Crippen LogP contribution in [0.3, 0.4) is 0 Å². The molecule has 2 aromatic carbocycles. The van der Waals surface area contributed by atoms with Gasteiger partial charge in [-0.05, 0) is 53.6 Å². The van der Waals surface area contributed by atoms with Gasteiger partial charge in [0.2, 0.25) is 0 Å². The van der Waals surface area contributed by atoms with Crippen LogP contribution in [0.15, 0.2) is 70.3 Å². The second-order valence-corrected chi connectivity index (χ2v) is 10.8. The molecule has 3 aromatic rings. The summed E-state index contributed by atoms with van der Waals surface area (Å²) in [5.41, 5.74) is 1.43. The van der Waals surface area contributed by atoms with E-state index < -0.39 is 10.0 Å². The number of halogens is 1. The summed E-state index contributed by atoms with van der Waals surface area (Å²) in [4.78, 5) is 0. The third-order valence-corrected chi connectivity index (χ3v) is 8.56. The molecule has 0 saturated carbocycles. The standard InChI is InChI=1S/C24H26FNO4S2/c25-23-10-2-1-7-20(23)12-14-30-21-8-3-6-19(16-21)17-26(18-22-9-4-13-29-22)32(27,28)24-11-5-15-31-24/h1-3,5-8,10-11,15-16,22H,4,9,12-14,17-18H2. The van der Waals surface area contributed by atoms with Crippen LogP contribution in [0, 0.1) is 5.82 Å². The molecule has 1 aliphatic heterocycles. The van der Waals surface area contributed by atoms with E-state index in [1.807, 2.05) is 24.3 Å². The lowest BCUT2D eigenvalue weighted by Crippen LogP contribution is -2.36. The van der Waals surface area contributed by atoms with Crippen molar-refractivity contribution in [2.24, 2.45) is 0 Å². The largest absolute Gasteiger partial charge is 0.493 e. The Morgan fingerprint density at radius 1 is 1.12 bits per heavy atom. The first kappa shape index (κ1) is 22.9. The van der Waals surface area contributed by atoms with Crippen LogP contribution in [0.2, 0.25) is 0 Å². The number of thiophene rings is 1. The number of sulfonamides is 1. The highest BCUT2D eigenvalue weighted by atomic mass is 32.2. The Morgan fingerprint density at radius 3 is 2.75 bits per heavy atom. The van der Waals surface area contributed by atoms with Gasteiger partial charge in [-0.2, -0.15) is 4.31 Å². The van der Waals surface area contributed by atoms with Gasteiger partial charge in [0.15, 0.2) is 0 Å². The van der Waals surface area contributed by atoms with Gasteiger partial charge in [-0.3, -0.25) is 0 Å². The molecule has 2 heterocycles. The average Bonchev–Trinajstić information content (AvgIpc) is 3.50. The third-order valence-electron chi connectivity index (χ3n) is 5.38. The Hall–Kier alpha value is -2.26. The van der Waals surface area contributed by atoms with E-state index in [4.69, 9.17) is 9.47 Å². The lowest BCUT2D eigenvalue weighted by molar-refractivity contribution is 0.0926. The molecular formula is C24H26FNO4S2. The minimum absolute atomic E-state index is 0.0926. The first-order chi connectivity index (χ1) is 15.5. The first-order valence-electron chi connectivity index (χ1n) is 10.6. The normalized spacial score (nSPS) is 16.5. The molecule has 1 saturated heterocycles. The fourth-order valence-electron chi connectivity index (χ4n) is 3.72. The van der Waals surface area contributed by atoms with Crippen LogP contribution < -0.4 is 4.74 Å². The van der Waals surface area contributed by atoms with Crippen molar-refractivity contribution in [3.8, 4) is 5.75 Å². The van der Waals surface area contributed by atoms with Gasteiger partial charge in [0.25, 0.3) is 10.0 Å². The molecule has 0 spiro atoms. The number of ether oxygens (including phenoxy) is 2. The maximum absolute atomic E-state index is 13.8. The van der Waals surface area contributed by atoms with Crippen molar-refractivity contribution in [1.29, 1.82) is 0 Å². The fraction of sp³-hybridized carbons (Fsp3) is 0.333. The van der Waals surface area contributed by atoms with Gasteiger partial charge in [-0.25, -0.2) is 12.8 Å². The van der Waals surface area contributed by atoms with Crippen LogP contribution in [0.25, 0.3) is 0 Å². The van der Waals surface area contributed by atoms with Crippen molar-refractivity contribution >= 4 is 21.4 Å². The Balaban J connectivity index is 1.45. The Kier molecular flexibility index (Phi) is 7.57. The molecule has 0 N–H and O–H groups in total. The van der Waals surface area contributed by atoms with Crippen LogP contribution in [0.5, 0.6) is 5.75 Å². The minimum atomic E-state index is -3.62. The number of benzene rings is 2. The number of rotatable bonds is 10. The summed E-state index contributed by atoms with van der Waals surface area (Å²) in [6, 6.07) is 17.4. The number of nitrogens with zero attached hydrogens (tertiary/aromatic N) is 1. The zero-order valence-corrected chi connectivity index (χ0v) is 19.3. The smallest absolute Gasteiger partial charge is 0.252 e. The van der Waals surface area contributed by atoms with E-state index in [1.54, 1.807) is 35.7 Å². The fourth-order valence-corrected chi connectivity index (χ4v) is 6.32. The molecule has 0 bridgehead atoms. The van der Waals surface area contributed by atoms with Gasteiger partial charge >= 0.3 is 0 Å². The molecule has 4 rings (SSSR count). The first-order valence-corrected chi connectivity index (χ1v) is 12.9. The predicted molar refractivity (Wildman–Crippen MR) is 123 cm³/mol. The molecule has 1 fully saturated rings. The van der Waals surface area contributed by atoms with Gasteiger partial charge in [0, 0.05) is 26.1 Å². The average molecular weight is 476 g/mol. The molecule has 0 radical (unpaired) electrons. The Labute approximate surface area is 192 Å². The summed E-state index contributed by atoms with van der Waals surface area (Å²) < 4.78 is 53.6. The molecule has 170 valence electrons. The van der Waals surface area contributed by atoms with E-state index in [0.717, 1.165) is 18.4 Å². The Morgan fingerprint density at radius 2 is 2.00 bits per heavy atom. The van der Waals surface area contributed by atoms with Crippen molar-refractivity contribution in [3.63, 3.8) is 0 Å². The van der Waals surface area contributed by atoms with Crippen molar-refractivity contribution < 1.29 is 22.3 Å². The van der Waals surface area contributed by atoms with Gasteiger partial charge in [0.05, 0.1) is 12.7 Å². The number of hydrogen-bond acceptors (Lipinski definition) is 5. The van der Waals surface area contributed by atoms with Crippen molar-refractivity contribution in [2.75, 3.05) is 19.8 Å². The van der Waals surface area contributed by atoms with Crippen LogP contribution >= 0.6 is 11.3 Å². The molecule has 0 amide bonds. The molecule has 8 heteroatoms. The maximum atomic E-state index is 13.8. The third kappa shape index (κ3) is 5.75. The molecule has 5 nitrogen and oxygen atoms in total. The topological polar surface area (TPSA) is 55.8 Å². The summed E-state index contributed by atoms with van der Waals surface area (Å²) in [5.74, 6) is 0.387. The van der Waals surface area contributed by atoms with Crippen LogP contribution in [-0.2, 0) is 27.7 Å². The summed E-state index contributed by atoms with van der Waals surface area (Å²) >= 11 is 1.21. The van der Waals surface area contributed by atoms with Crippen molar-refractivity contribution in [3.05, 3.63) is 83.0 Å². The second kappa shape index (κ2) is 10.6. The summed E-state index contributed by atoms with van der Waals surface area (Å²) in [7, 11) is -3.62. The SMILES string of the molecule is O=S(=O)(c1cccs1)N(Cc1cccc(OCCc2ccccc2F)c1)CC1CCCO1. The summed E-state index contributed by atoms with van der Waals surface area (Å²) in [6.45, 7) is 1.55. The van der Waals surface area contributed by atoms with E-state index in [1.165, 1.54) is 21.7 Å². The summed E-state index contributed by atoms with van der Waals surface area (Å²) in [6.07, 6.45) is 2.16. The van der Waals surface area contributed by atoms with Crippen molar-refractivity contribution in [2.45, 2.75) is 36.1 Å². The van der Waals surface area contributed by atoms with Gasteiger partial charge in [-0.15, -0.1) is 11.3 Å². The van der Waals surface area contributed by atoms with Gasteiger partial charge < -0.3 is 9.47 Å². The van der Waals surface area contributed by atoms with E-state index in [0.29, 0.717) is 41.7 Å². The van der Waals surface area contributed by atoms with E-state index in [-0.39, 0.29) is 18.5 Å². The lowest BCUT2D eigenvalue weighted by Gasteiger charge is -2.24. The van der Waals surface area contributed by atoms with Crippen molar-refractivity contribution in [1.82, 2.24) is 4.31 Å². The molecule has 1 aliphatic rings. The van der Waals surface area contributed by atoms with Crippen LogP contribution in [-0.4, -0.2) is 38.6 Å². The van der Waals surface area contributed by atoms with Gasteiger partial charge in [-0.1, -0.05) is 36.4 Å².